The summed E-state index contributed by atoms with van der Waals surface area (Å²) in [6.45, 7) is 5.68. The molecule has 2 fully saturated rings. The van der Waals surface area contributed by atoms with Gasteiger partial charge in [-0.2, -0.15) is 9.57 Å². The third kappa shape index (κ3) is 5.43. The molecule has 2 aliphatic rings. The van der Waals surface area contributed by atoms with Crippen LogP contribution in [0.15, 0.2) is 29.2 Å². The monoisotopic (exact) mass is 446 g/mol. The molecule has 9 heteroatoms. The van der Waals surface area contributed by atoms with E-state index in [0.29, 0.717) is 44.6 Å². The number of carbonyl (C=O) groups is 2. The molecule has 0 unspecified atom stereocenters. The maximum atomic E-state index is 12.8. The van der Waals surface area contributed by atoms with Crippen LogP contribution >= 0.6 is 0 Å². The van der Waals surface area contributed by atoms with Crippen molar-refractivity contribution in [3.05, 3.63) is 29.8 Å². The van der Waals surface area contributed by atoms with Gasteiger partial charge in [-0.1, -0.05) is 13.8 Å². The van der Waals surface area contributed by atoms with Crippen LogP contribution < -0.4 is 5.32 Å². The molecule has 0 aliphatic carbocycles. The van der Waals surface area contributed by atoms with E-state index in [4.69, 9.17) is 5.26 Å². The van der Waals surface area contributed by atoms with Crippen molar-refractivity contribution in [3.63, 3.8) is 0 Å². The molecule has 2 saturated heterocycles. The van der Waals surface area contributed by atoms with Crippen molar-refractivity contribution in [2.24, 2.45) is 11.8 Å². The number of sulfonamides is 1. The Kier molecular flexibility index (Phi) is 7.34. The molecule has 2 heterocycles. The van der Waals surface area contributed by atoms with Gasteiger partial charge in [-0.3, -0.25) is 9.59 Å². The maximum absolute atomic E-state index is 12.8. The Bertz CT molecular complexity index is 937. The van der Waals surface area contributed by atoms with Crippen LogP contribution in [0.4, 0.5) is 0 Å². The molecule has 0 aromatic heterocycles. The zero-order valence-corrected chi connectivity index (χ0v) is 18.9. The third-order valence-electron chi connectivity index (χ3n) is 6.09. The van der Waals surface area contributed by atoms with Gasteiger partial charge in [0.1, 0.15) is 0 Å². The fourth-order valence-electron chi connectivity index (χ4n) is 4.14. The quantitative estimate of drug-likeness (QED) is 0.740. The molecule has 0 atom stereocenters. The second-order valence-electron chi connectivity index (χ2n) is 8.58. The molecule has 0 radical (unpaired) electrons. The van der Waals surface area contributed by atoms with Gasteiger partial charge in [0, 0.05) is 44.1 Å². The number of nitrogens with one attached hydrogen (secondary N) is 1. The zero-order valence-electron chi connectivity index (χ0n) is 18.1. The van der Waals surface area contributed by atoms with Gasteiger partial charge in [0.05, 0.1) is 16.5 Å². The number of amides is 2. The van der Waals surface area contributed by atoms with Crippen LogP contribution in [0, 0.1) is 23.2 Å². The van der Waals surface area contributed by atoms with Gasteiger partial charge in [-0.15, -0.1) is 0 Å². The average Bonchev–Trinajstić information content (AvgIpc) is 2.79. The summed E-state index contributed by atoms with van der Waals surface area (Å²) < 4.78 is 27.1. The third-order valence-corrected chi connectivity index (χ3v) is 8.01. The van der Waals surface area contributed by atoms with Crippen LogP contribution in [0.3, 0.4) is 0 Å². The lowest BCUT2D eigenvalue weighted by Gasteiger charge is -2.35. The van der Waals surface area contributed by atoms with Gasteiger partial charge in [0.15, 0.2) is 0 Å². The minimum Gasteiger partial charge on any atom is -0.353 e. The minimum atomic E-state index is -3.63. The molecule has 0 bridgehead atoms. The second kappa shape index (κ2) is 9.79. The summed E-state index contributed by atoms with van der Waals surface area (Å²) in [5, 5.41) is 12.0. The molecule has 2 amide bonds. The summed E-state index contributed by atoms with van der Waals surface area (Å²) in [6, 6.07) is 7.92. The molecule has 1 aromatic rings. The number of carbonyl (C=O) groups excluding carboxylic acids is 2. The molecule has 0 saturated carbocycles. The maximum Gasteiger partial charge on any atom is 0.243 e. The molecule has 1 aromatic carbocycles. The summed E-state index contributed by atoms with van der Waals surface area (Å²) in [5.74, 6) is -0.0932. The lowest BCUT2D eigenvalue weighted by Crippen LogP contribution is -2.50. The molecule has 1 N–H and O–H groups in total. The topological polar surface area (TPSA) is 111 Å². The van der Waals surface area contributed by atoms with E-state index in [1.54, 1.807) is 0 Å². The fourth-order valence-corrected chi connectivity index (χ4v) is 5.61. The van der Waals surface area contributed by atoms with Crippen LogP contribution in [0.1, 0.15) is 45.1 Å². The number of likely N-dealkylation sites (tertiary alicyclic amines) is 1. The van der Waals surface area contributed by atoms with Crippen LogP contribution in [0.5, 0.6) is 0 Å². The van der Waals surface area contributed by atoms with Crippen LogP contribution in [0.25, 0.3) is 0 Å². The van der Waals surface area contributed by atoms with Crippen molar-refractivity contribution in [1.82, 2.24) is 14.5 Å². The molecule has 8 nitrogen and oxygen atoms in total. The van der Waals surface area contributed by atoms with E-state index in [-0.39, 0.29) is 34.6 Å². The molecular formula is C22H30N4O4S. The fraction of sp³-hybridized carbons (Fsp3) is 0.591. The number of hydrogen-bond donors (Lipinski definition) is 1. The Labute approximate surface area is 184 Å². The molecule has 3 rings (SSSR count). The molecular weight excluding hydrogens is 416 g/mol. The Hall–Kier alpha value is -2.44. The first-order chi connectivity index (χ1) is 14.7. The zero-order chi connectivity index (χ0) is 22.6. The Morgan fingerprint density at radius 3 is 2.13 bits per heavy atom. The summed E-state index contributed by atoms with van der Waals surface area (Å²) in [5.41, 5.74) is 0.411. The molecule has 0 spiro atoms. The Morgan fingerprint density at radius 1 is 1.03 bits per heavy atom. The van der Waals surface area contributed by atoms with E-state index in [2.05, 4.69) is 5.32 Å². The van der Waals surface area contributed by atoms with Gasteiger partial charge in [-0.05, 0) is 49.9 Å². The van der Waals surface area contributed by atoms with Gasteiger partial charge >= 0.3 is 0 Å². The highest BCUT2D eigenvalue weighted by Gasteiger charge is 2.33. The SMILES string of the molecule is CC(C)C(=O)N1CCC(NC(=O)C2CCN(S(=O)(=O)c3ccc(C#N)cc3)CC2)CC1. The van der Waals surface area contributed by atoms with Crippen LogP contribution in [-0.4, -0.2) is 61.7 Å². The van der Waals surface area contributed by atoms with E-state index >= 15 is 0 Å². The van der Waals surface area contributed by atoms with Crippen molar-refractivity contribution in [3.8, 4) is 6.07 Å². The van der Waals surface area contributed by atoms with Crippen LogP contribution in [0.2, 0.25) is 0 Å². The minimum absolute atomic E-state index is 0.0168. The summed E-state index contributed by atoms with van der Waals surface area (Å²) in [6.07, 6.45) is 2.45. The highest BCUT2D eigenvalue weighted by atomic mass is 32.2. The molecule has 31 heavy (non-hydrogen) atoms. The highest BCUT2D eigenvalue weighted by molar-refractivity contribution is 7.89. The predicted octanol–water partition coefficient (Wildman–Crippen LogP) is 1.72. The van der Waals surface area contributed by atoms with E-state index in [1.165, 1.54) is 28.6 Å². The smallest absolute Gasteiger partial charge is 0.243 e. The molecule has 168 valence electrons. The van der Waals surface area contributed by atoms with Crippen molar-refractivity contribution in [2.75, 3.05) is 26.2 Å². The average molecular weight is 447 g/mol. The van der Waals surface area contributed by atoms with E-state index in [9.17, 15) is 18.0 Å². The second-order valence-corrected chi connectivity index (χ2v) is 10.5. The number of rotatable bonds is 5. The van der Waals surface area contributed by atoms with Crippen molar-refractivity contribution in [1.29, 1.82) is 5.26 Å². The summed E-state index contributed by atoms with van der Waals surface area (Å²) >= 11 is 0. The summed E-state index contributed by atoms with van der Waals surface area (Å²) in [4.78, 5) is 26.8. The van der Waals surface area contributed by atoms with Gasteiger partial charge < -0.3 is 10.2 Å². The lowest BCUT2D eigenvalue weighted by molar-refractivity contribution is -0.135. The number of nitrogens with zero attached hydrogens (tertiary/aromatic N) is 3. The number of hydrogen-bond acceptors (Lipinski definition) is 5. The Balaban J connectivity index is 1.49. The van der Waals surface area contributed by atoms with E-state index in [1.807, 2.05) is 24.8 Å². The van der Waals surface area contributed by atoms with Crippen LogP contribution in [-0.2, 0) is 19.6 Å². The first-order valence-electron chi connectivity index (χ1n) is 10.8. The normalized spacial score (nSPS) is 19.2. The predicted molar refractivity (Wildman–Crippen MR) is 115 cm³/mol. The largest absolute Gasteiger partial charge is 0.353 e. The molecule has 2 aliphatic heterocycles. The lowest BCUT2D eigenvalue weighted by atomic mass is 9.95. The van der Waals surface area contributed by atoms with Gasteiger partial charge in [0.25, 0.3) is 0 Å². The van der Waals surface area contributed by atoms with Gasteiger partial charge in [-0.25, -0.2) is 8.42 Å². The highest BCUT2D eigenvalue weighted by Crippen LogP contribution is 2.25. The number of benzene rings is 1. The van der Waals surface area contributed by atoms with Crippen molar-refractivity contribution < 1.29 is 18.0 Å². The number of piperidine rings is 2. The first-order valence-corrected chi connectivity index (χ1v) is 12.3. The van der Waals surface area contributed by atoms with Crippen molar-refractivity contribution in [2.45, 2.75) is 50.5 Å². The first kappa shape index (κ1) is 23.2. The summed E-state index contributed by atoms with van der Waals surface area (Å²) in [7, 11) is -3.63. The van der Waals surface area contributed by atoms with E-state index < -0.39 is 10.0 Å². The Morgan fingerprint density at radius 2 is 1.61 bits per heavy atom. The number of nitriles is 1. The van der Waals surface area contributed by atoms with Gasteiger partial charge in [0.2, 0.25) is 21.8 Å². The van der Waals surface area contributed by atoms with Crippen molar-refractivity contribution >= 4 is 21.8 Å². The van der Waals surface area contributed by atoms with E-state index in [0.717, 1.165) is 12.8 Å². The standard InChI is InChI=1S/C22H30N4O4S/c1-16(2)22(28)25-11-9-19(10-12-25)24-21(27)18-7-13-26(14-8-18)31(29,30)20-5-3-17(15-23)4-6-20/h3-6,16,18-19H,7-14H2,1-2H3,(H,24,27).